The van der Waals surface area contributed by atoms with E-state index < -0.39 is 0 Å². The van der Waals surface area contributed by atoms with E-state index in [1.807, 2.05) is 32.0 Å². The topological polar surface area (TPSA) is 22.4 Å². The second kappa shape index (κ2) is 5.90. The first-order valence-corrected chi connectivity index (χ1v) is 7.76. The second-order valence-corrected chi connectivity index (χ2v) is 6.45. The Morgan fingerprint density at radius 2 is 1.89 bits per heavy atom. The van der Waals surface area contributed by atoms with E-state index in [-0.39, 0.29) is 4.83 Å². The number of alkyl halides is 1. The van der Waals surface area contributed by atoms with Crippen LogP contribution in [0.2, 0.25) is 5.02 Å². The van der Waals surface area contributed by atoms with Crippen molar-refractivity contribution in [1.82, 2.24) is 0 Å². The Bertz CT molecular complexity index is 608. The normalized spacial score (nSPS) is 12.5. The van der Waals surface area contributed by atoms with Crippen LogP contribution in [-0.4, -0.2) is 7.11 Å². The summed E-state index contributed by atoms with van der Waals surface area (Å²) in [6.45, 7) is 3.88. The average Bonchev–Trinajstić information content (AvgIpc) is 2.66. The molecule has 2 rings (SSSR count). The zero-order chi connectivity index (χ0) is 14.2. The van der Waals surface area contributed by atoms with Crippen LogP contribution in [0.3, 0.4) is 0 Å². The molecule has 1 atom stereocenters. The fourth-order valence-corrected chi connectivity index (χ4v) is 3.84. The van der Waals surface area contributed by atoms with Crippen molar-refractivity contribution in [3.05, 3.63) is 50.3 Å². The van der Waals surface area contributed by atoms with Gasteiger partial charge in [-0.05, 0) is 48.0 Å². The third-order valence-corrected chi connectivity index (χ3v) is 4.66. The Labute approximate surface area is 134 Å². The van der Waals surface area contributed by atoms with Gasteiger partial charge in [0.25, 0.3) is 0 Å². The van der Waals surface area contributed by atoms with Crippen LogP contribution in [0.1, 0.15) is 27.5 Å². The molecule has 2 aromatic rings. The summed E-state index contributed by atoms with van der Waals surface area (Å²) in [7, 11) is 1.64. The number of halogens is 3. The number of methoxy groups -OCH3 is 1. The monoisotopic (exact) mass is 406 g/mol. The summed E-state index contributed by atoms with van der Waals surface area (Å²) in [4.78, 5) is -0.0325. The van der Waals surface area contributed by atoms with E-state index >= 15 is 0 Å². The first kappa shape index (κ1) is 14.9. The van der Waals surface area contributed by atoms with E-state index in [4.69, 9.17) is 20.8 Å². The summed E-state index contributed by atoms with van der Waals surface area (Å²) in [5, 5.41) is 0.657. The van der Waals surface area contributed by atoms with Gasteiger partial charge in [0.05, 0.1) is 16.4 Å². The van der Waals surface area contributed by atoms with Crippen molar-refractivity contribution in [3.8, 4) is 5.75 Å². The van der Waals surface area contributed by atoms with E-state index in [0.29, 0.717) is 5.02 Å². The molecule has 0 aliphatic heterocycles. The number of ether oxygens (including phenoxy) is 1. The van der Waals surface area contributed by atoms with Gasteiger partial charge in [-0.15, -0.1) is 0 Å². The number of hydrogen-bond donors (Lipinski definition) is 0. The number of aryl methyl sites for hydroxylation is 2. The summed E-state index contributed by atoms with van der Waals surface area (Å²) < 4.78 is 11.9. The first-order valence-electron chi connectivity index (χ1n) is 5.68. The van der Waals surface area contributed by atoms with Crippen LogP contribution in [0.4, 0.5) is 0 Å². The van der Waals surface area contributed by atoms with E-state index in [0.717, 1.165) is 32.9 Å². The zero-order valence-electron chi connectivity index (χ0n) is 10.8. The van der Waals surface area contributed by atoms with Crippen molar-refractivity contribution in [1.29, 1.82) is 0 Å². The molecule has 0 amide bonds. The van der Waals surface area contributed by atoms with Gasteiger partial charge in [-0.1, -0.05) is 27.5 Å². The van der Waals surface area contributed by atoms with Gasteiger partial charge >= 0.3 is 0 Å². The molecule has 0 fully saturated rings. The molecule has 2 nitrogen and oxygen atoms in total. The molecule has 0 saturated carbocycles. The molecule has 0 spiro atoms. The summed E-state index contributed by atoms with van der Waals surface area (Å²) in [6, 6.07) is 5.73. The van der Waals surface area contributed by atoms with Crippen LogP contribution in [0.5, 0.6) is 5.75 Å². The first-order chi connectivity index (χ1) is 8.93. The maximum Gasteiger partial charge on any atom is 0.137 e. The molecule has 1 aromatic heterocycles. The number of hydrogen-bond acceptors (Lipinski definition) is 2. The van der Waals surface area contributed by atoms with Crippen molar-refractivity contribution < 1.29 is 9.15 Å². The fourth-order valence-electron chi connectivity index (χ4n) is 2.05. The summed E-state index contributed by atoms with van der Waals surface area (Å²) in [6.07, 6.45) is 0. The van der Waals surface area contributed by atoms with Crippen LogP contribution >= 0.6 is 43.5 Å². The molecule has 1 heterocycles. The lowest BCUT2D eigenvalue weighted by Gasteiger charge is -2.16. The van der Waals surface area contributed by atoms with E-state index in [2.05, 4.69) is 31.9 Å². The molecule has 5 heteroatoms. The van der Waals surface area contributed by atoms with Gasteiger partial charge in [0.1, 0.15) is 17.3 Å². The van der Waals surface area contributed by atoms with Crippen LogP contribution < -0.4 is 4.74 Å². The maximum atomic E-state index is 6.13. The van der Waals surface area contributed by atoms with Crippen LogP contribution in [0.15, 0.2) is 27.1 Å². The van der Waals surface area contributed by atoms with Gasteiger partial charge < -0.3 is 9.15 Å². The molecule has 1 unspecified atom stereocenters. The lowest BCUT2D eigenvalue weighted by atomic mass is 10.0. The molecule has 0 aliphatic rings. The number of rotatable bonds is 3. The van der Waals surface area contributed by atoms with Crippen LogP contribution in [-0.2, 0) is 0 Å². The van der Waals surface area contributed by atoms with Gasteiger partial charge in [0.2, 0.25) is 0 Å². The summed E-state index contributed by atoms with van der Waals surface area (Å²) >= 11 is 13.3. The minimum Gasteiger partial charge on any atom is -0.495 e. The maximum absolute atomic E-state index is 6.13. The van der Waals surface area contributed by atoms with Crippen molar-refractivity contribution in [3.63, 3.8) is 0 Å². The van der Waals surface area contributed by atoms with E-state index in [1.54, 1.807) is 7.11 Å². The lowest BCUT2D eigenvalue weighted by molar-refractivity contribution is 0.407. The van der Waals surface area contributed by atoms with Crippen molar-refractivity contribution >= 4 is 43.5 Å². The molecule has 1 aromatic carbocycles. The van der Waals surface area contributed by atoms with Gasteiger partial charge in [0.15, 0.2) is 0 Å². The summed E-state index contributed by atoms with van der Waals surface area (Å²) in [5.41, 5.74) is 2.04. The highest BCUT2D eigenvalue weighted by atomic mass is 79.9. The Balaban J connectivity index is 2.55. The van der Waals surface area contributed by atoms with E-state index in [1.165, 1.54) is 0 Å². The van der Waals surface area contributed by atoms with Gasteiger partial charge in [-0.3, -0.25) is 0 Å². The van der Waals surface area contributed by atoms with Crippen LogP contribution in [0, 0.1) is 13.8 Å². The highest BCUT2D eigenvalue weighted by molar-refractivity contribution is 9.10. The summed E-state index contributed by atoms with van der Waals surface area (Å²) in [5.74, 6) is 2.54. The smallest absolute Gasteiger partial charge is 0.137 e. The molecule has 0 aliphatic carbocycles. The average molecular weight is 409 g/mol. The minimum absolute atomic E-state index is 0.0325. The Kier molecular flexibility index (Phi) is 4.64. The third-order valence-electron chi connectivity index (χ3n) is 2.87. The predicted octanol–water partition coefficient (Wildman–Crippen LogP) is 5.81. The van der Waals surface area contributed by atoms with Crippen LogP contribution in [0.25, 0.3) is 0 Å². The van der Waals surface area contributed by atoms with Crippen molar-refractivity contribution in [2.45, 2.75) is 18.7 Å². The lowest BCUT2D eigenvalue weighted by Crippen LogP contribution is -1.98. The standard InChI is InChI=1S/C14H13Br2ClO2/c1-7-4-10(8(2)19-7)13(16)11-5-9(17)6-12(15)14(11)18-3/h4-6,13H,1-3H3. The fraction of sp³-hybridized carbons (Fsp3) is 0.286. The van der Waals surface area contributed by atoms with Gasteiger partial charge in [-0.2, -0.15) is 0 Å². The molecular formula is C14H13Br2ClO2. The molecule has 0 radical (unpaired) electrons. The molecule has 19 heavy (non-hydrogen) atoms. The zero-order valence-corrected chi connectivity index (χ0v) is 14.7. The third kappa shape index (κ3) is 3.01. The van der Waals surface area contributed by atoms with Gasteiger partial charge in [-0.25, -0.2) is 0 Å². The second-order valence-electron chi connectivity index (χ2n) is 4.24. The molecule has 0 bridgehead atoms. The Hall–Kier alpha value is -0.450. The largest absolute Gasteiger partial charge is 0.495 e. The highest BCUT2D eigenvalue weighted by Gasteiger charge is 2.22. The SMILES string of the molecule is COc1c(Br)cc(Cl)cc1C(Br)c1cc(C)oc1C. The molecule has 102 valence electrons. The number of benzene rings is 1. The predicted molar refractivity (Wildman–Crippen MR) is 84.7 cm³/mol. The molecule has 0 saturated heterocycles. The Morgan fingerprint density at radius 3 is 2.42 bits per heavy atom. The number of furan rings is 1. The van der Waals surface area contributed by atoms with Crippen molar-refractivity contribution in [2.75, 3.05) is 7.11 Å². The van der Waals surface area contributed by atoms with E-state index in [9.17, 15) is 0 Å². The molecule has 0 N–H and O–H groups in total. The minimum atomic E-state index is -0.0325. The quantitative estimate of drug-likeness (QED) is 0.599. The highest BCUT2D eigenvalue weighted by Crippen LogP contribution is 2.43. The Morgan fingerprint density at radius 1 is 1.21 bits per heavy atom. The van der Waals surface area contributed by atoms with Crippen molar-refractivity contribution in [2.24, 2.45) is 0 Å². The van der Waals surface area contributed by atoms with Gasteiger partial charge in [0, 0.05) is 16.1 Å². The molecular weight excluding hydrogens is 395 g/mol.